The maximum absolute atomic E-state index is 11.4. The first-order chi connectivity index (χ1) is 8.85. The molecule has 1 aliphatic rings. The highest BCUT2D eigenvalue weighted by Gasteiger charge is 2.55. The fraction of sp³-hybridized carbons (Fsp3) is 0.533. The highest BCUT2D eigenvalue weighted by Crippen LogP contribution is 2.55. The Kier molecular flexibility index (Phi) is 3.31. The molecule has 0 amide bonds. The lowest BCUT2D eigenvalue weighted by Gasteiger charge is -2.24. The minimum Gasteiger partial charge on any atom is -0.496 e. The van der Waals surface area contributed by atoms with E-state index in [0.717, 1.165) is 28.0 Å². The predicted molar refractivity (Wildman–Crippen MR) is 73.4 cm³/mol. The van der Waals surface area contributed by atoms with Gasteiger partial charge in [0.1, 0.15) is 5.75 Å². The van der Waals surface area contributed by atoms with Gasteiger partial charge in [0.15, 0.2) is 0 Å². The zero-order valence-electron chi connectivity index (χ0n) is 11.9. The lowest BCUT2D eigenvalue weighted by atomic mass is 9.85. The third-order valence-electron chi connectivity index (χ3n) is 4.42. The number of aryl methyl sites for hydroxylation is 1. The molecule has 0 bridgehead atoms. The summed E-state index contributed by atoms with van der Waals surface area (Å²) in [6.07, 6.45) is 1.32. The third-order valence-corrected chi connectivity index (χ3v) is 4.42. The van der Waals surface area contributed by atoms with Crippen LogP contribution in [0.4, 0.5) is 0 Å². The summed E-state index contributed by atoms with van der Waals surface area (Å²) in [5.74, 6) is 0.0687. The Morgan fingerprint density at radius 2 is 1.95 bits per heavy atom. The van der Waals surface area contributed by atoms with Crippen molar-refractivity contribution in [1.29, 1.82) is 0 Å². The van der Waals surface area contributed by atoms with Gasteiger partial charge < -0.3 is 15.6 Å². The van der Waals surface area contributed by atoms with E-state index in [0.29, 0.717) is 12.8 Å². The van der Waals surface area contributed by atoms with Crippen LogP contribution < -0.4 is 10.5 Å². The van der Waals surface area contributed by atoms with E-state index >= 15 is 0 Å². The van der Waals surface area contributed by atoms with Crippen molar-refractivity contribution in [2.24, 2.45) is 11.1 Å². The van der Waals surface area contributed by atoms with E-state index in [1.165, 1.54) is 0 Å². The Labute approximate surface area is 113 Å². The molecule has 1 aromatic carbocycles. The predicted octanol–water partition coefficient (Wildman–Crippen LogP) is 2.49. The molecule has 1 aromatic rings. The summed E-state index contributed by atoms with van der Waals surface area (Å²) in [6, 6.07) is 1.52. The Bertz CT molecular complexity index is 533. The second-order valence-corrected chi connectivity index (χ2v) is 5.50. The Hall–Kier alpha value is -1.55. The second-order valence-electron chi connectivity index (χ2n) is 5.50. The van der Waals surface area contributed by atoms with Crippen LogP contribution in [0.15, 0.2) is 6.07 Å². The molecule has 2 rings (SSSR count). The van der Waals surface area contributed by atoms with Crippen LogP contribution in [0.2, 0.25) is 0 Å². The van der Waals surface area contributed by atoms with Gasteiger partial charge in [0.25, 0.3) is 0 Å². The molecule has 0 heterocycles. The first-order valence-corrected chi connectivity index (χ1v) is 6.49. The van der Waals surface area contributed by atoms with Gasteiger partial charge in [-0.15, -0.1) is 0 Å². The molecular weight excluding hydrogens is 242 g/mol. The normalized spacial score (nSPS) is 17.9. The number of hydrogen-bond acceptors (Lipinski definition) is 3. The number of aliphatic carboxylic acids is 1. The first kappa shape index (κ1) is 13.9. The summed E-state index contributed by atoms with van der Waals surface area (Å²) in [5, 5.41) is 9.36. The van der Waals surface area contributed by atoms with Crippen LogP contribution in [0.3, 0.4) is 0 Å². The van der Waals surface area contributed by atoms with Crippen molar-refractivity contribution in [3.63, 3.8) is 0 Å². The average molecular weight is 263 g/mol. The average Bonchev–Trinajstić information content (AvgIpc) is 3.15. The number of carboxylic acid groups (broad SMARTS) is 1. The maximum atomic E-state index is 11.4. The Morgan fingerprint density at radius 1 is 1.37 bits per heavy atom. The minimum atomic E-state index is -0.787. The monoisotopic (exact) mass is 263 g/mol. The molecule has 1 atom stereocenters. The molecule has 1 saturated carbocycles. The van der Waals surface area contributed by atoms with Gasteiger partial charge >= 0.3 is 5.97 Å². The maximum Gasteiger partial charge on any atom is 0.311 e. The molecule has 4 heteroatoms. The smallest absolute Gasteiger partial charge is 0.311 e. The fourth-order valence-electron chi connectivity index (χ4n) is 2.82. The molecule has 0 aliphatic heterocycles. The van der Waals surface area contributed by atoms with E-state index in [1.807, 2.05) is 26.8 Å². The summed E-state index contributed by atoms with van der Waals surface area (Å²) < 4.78 is 5.38. The number of benzene rings is 1. The minimum absolute atomic E-state index is 0.451. The van der Waals surface area contributed by atoms with Gasteiger partial charge in [0.05, 0.1) is 12.5 Å². The van der Waals surface area contributed by atoms with Crippen LogP contribution in [0.25, 0.3) is 0 Å². The van der Waals surface area contributed by atoms with Crippen molar-refractivity contribution in [3.8, 4) is 5.75 Å². The standard InChI is InChI=1S/C15H21NO3/c1-8-7-11(9(2)10(3)12(8)19-4)13(16)15(5-6-15)14(17)18/h7,13H,5-6,16H2,1-4H3,(H,17,18). The summed E-state index contributed by atoms with van der Waals surface area (Å²) in [7, 11) is 1.65. The molecule has 19 heavy (non-hydrogen) atoms. The molecule has 4 nitrogen and oxygen atoms in total. The molecule has 1 unspecified atom stereocenters. The molecule has 3 N–H and O–H groups in total. The van der Waals surface area contributed by atoms with Crippen molar-refractivity contribution in [3.05, 3.63) is 28.3 Å². The number of rotatable bonds is 4. The summed E-state index contributed by atoms with van der Waals surface area (Å²) in [6.45, 7) is 5.92. The summed E-state index contributed by atoms with van der Waals surface area (Å²) in [4.78, 5) is 11.4. The molecule has 0 saturated heterocycles. The van der Waals surface area contributed by atoms with Crippen molar-refractivity contribution in [2.75, 3.05) is 7.11 Å². The number of carboxylic acids is 1. The highest BCUT2D eigenvalue weighted by atomic mass is 16.5. The molecule has 1 aliphatic carbocycles. The fourth-order valence-corrected chi connectivity index (χ4v) is 2.82. The lowest BCUT2D eigenvalue weighted by Crippen LogP contribution is -2.30. The van der Waals surface area contributed by atoms with E-state index in [2.05, 4.69) is 0 Å². The SMILES string of the molecule is COc1c(C)cc(C(N)C2(C(=O)O)CC2)c(C)c1C. The van der Waals surface area contributed by atoms with Crippen molar-refractivity contribution < 1.29 is 14.6 Å². The second kappa shape index (κ2) is 4.53. The van der Waals surface area contributed by atoms with Crippen LogP contribution in [0.1, 0.15) is 41.1 Å². The number of methoxy groups -OCH3 is 1. The number of carbonyl (C=O) groups is 1. The molecular formula is C15H21NO3. The molecule has 0 spiro atoms. The Morgan fingerprint density at radius 3 is 2.37 bits per heavy atom. The van der Waals surface area contributed by atoms with Crippen LogP contribution in [-0.2, 0) is 4.79 Å². The third kappa shape index (κ3) is 2.00. The molecule has 0 aromatic heterocycles. The zero-order valence-corrected chi connectivity index (χ0v) is 11.9. The van der Waals surface area contributed by atoms with E-state index in [1.54, 1.807) is 7.11 Å². The van der Waals surface area contributed by atoms with Crippen molar-refractivity contribution >= 4 is 5.97 Å². The van der Waals surface area contributed by atoms with Gasteiger partial charge in [0, 0.05) is 6.04 Å². The molecule has 0 radical (unpaired) electrons. The van der Waals surface area contributed by atoms with Crippen molar-refractivity contribution in [2.45, 2.75) is 39.7 Å². The molecule has 1 fully saturated rings. The van der Waals surface area contributed by atoms with Gasteiger partial charge in [-0.2, -0.15) is 0 Å². The number of nitrogens with two attached hydrogens (primary N) is 1. The zero-order chi connectivity index (χ0) is 14.4. The van der Waals surface area contributed by atoms with Crippen LogP contribution in [0, 0.1) is 26.2 Å². The first-order valence-electron chi connectivity index (χ1n) is 6.49. The number of ether oxygens (including phenoxy) is 1. The van der Waals surface area contributed by atoms with E-state index in [9.17, 15) is 9.90 Å². The van der Waals surface area contributed by atoms with Gasteiger partial charge in [0.2, 0.25) is 0 Å². The van der Waals surface area contributed by atoms with Crippen molar-refractivity contribution in [1.82, 2.24) is 0 Å². The topological polar surface area (TPSA) is 72.5 Å². The summed E-state index contributed by atoms with van der Waals surface area (Å²) in [5.41, 5.74) is 9.47. The van der Waals surface area contributed by atoms with Gasteiger partial charge in [-0.25, -0.2) is 0 Å². The largest absolute Gasteiger partial charge is 0.496 e. The Balaban J connectivity index is 2.50. The lowest BCUT2D eigenvalue weighted by molar-refractivity contribution is -0.144. The molecule has 104 valence electrons. The number of hydrogen-bond donors (Lipinski definition) is 2. The van der Waals surface area contributed by atoms with Crippen LogP contribution in [-0.4, -0.2) is 18.2 Å². The van der Waals surface area contributed by atoms with E-state index < -0.39 is 17.4 Å². The van der Waals surface area contributed by atoms with E-state index in [-0.39, 0.29) is 0 Å². The van der Waals surface area contributed by atoms with Gasteiger partial charge in [-0.05, 0) is 55.9 Å². The highest BCUT2D eigenvalue weighted by molar-refractivity contribution is 5.79. The van der Waals surface area contributed by atoms with E-state index in [4.69, 9.17) is 10.5 Å². The van der Waals surface area contributed by atoms with Gasteiger partial charge in [-0.1, -0.05) is 6.07 Å². The quantitative estimate of drug-likeness (QED) is 0.875. The van der Waals surface area contributed by atoms with Crippen LogP contribution >= 0.6 is 0 Å². The van der Waals surface area contributed by atoms with Gasteiger partial charge in [-0.3, -0.25) is 4.79 Å². The van der Waals surface area contributed by atoms with Crippen LogP contribution in [0.5, 0.6) is 5.75 Å². The summed E-state index contributed by atoms with van der Waals surface area (Å²) >= 11 is 0.